The molecule has 0 spiro atoms. The molecule has 0 amide bonds. The van der Waals surface area contributed by atoms with Crippen LogP contribution in [-0.2, 0) is 4.79 Å². The van der Waals surface area contributed by atoms with E-state index in [1.54, 1.807) is 30.3 Å². The third-order valence-electron chi connectivity index (χ3n) is 1.34. The largest absolute Gasteiger partial charge is 0.426 e. The summed E-state index contributed by atoms with van der Waals surface area (Å²) in [5, 5.41) is 8.19. The zero-order valence-corrected chi connectivity index (χ0v) is 6.86. The van der Waals surface area contributed by atoms with Crippen molar-refractivity contribution in [2.24, 2.45) is 0 Å². The second-order valence-corrected chi connectivity index (χ2v) is 2.38. The number of hydrogen-bond acceptors (Lipinski definition) is 4. The third-order valence-corrected chi connectivity index (χ3v) is 1.34. The molecule has 66 valence electrons. The monoisotopic (exact) mass is 176 g/mol. The van der Waals surface area contributed by atoms with E-state index in [4.69, 9.17) is 15.7 Å². The number of anilines is 1. The summed E-state index contributed by atoms with van der Waals surface area (Å²) in [6.45, 7) is 0. The van der Waals surface area contributed by atoms with Gasteiger partial charge in [0.25, 0.3) is 0 Å². The number of carbonyl (C=O) groups excluding carboxylic acids is 1. The number of nitrogen functional groups attached to an aromatic ring is 1. The van der Waals surface area contributed by atoms with Gasteiger partial charge < -0.3 is 10.5 Å². The molecule has 13 heavy (non-hydrogen) atoms. The number of nitrogens with two attached hydrogens (primary N) is 1. The molecule has 0 saturated carbocycles. The second kappa shape index (κ2) is 4.12. The van der Waals surface area contributed by atoms with Crippen LogP contribution in [0.25, 0.3) is 0 Å². The Bertz CT molecular complexity index is 338. The molecular formula is C9H8N2O2. The number of ether oxygens (including phenoxy) is 1. The van der Waals surface area contributed by atoms with E-state index in [0.717, 1.165) is 0 Å². The molecule has 0 bridgehead atoms. The van der Waals surface area contributed by atoms with Crippen LogP contribution in [0.1, 0.15) is 6.42 Å². The van der Waals surface area contributed by atoms with Crippen molar-refractivity contribution in [3.05, 3.63) is 24.3 Å². The molecule has 0 saturated heterocycles. The molecule has 0 aliphatic carbocycles. The van der Waals surface area contributed by atoms with Crippen LogP contribution in [0, 0.1) is 11.3 Å². The summed E-state index contributed by atoms with van der Waals surface area (Å²) in [5.41, 5.74) is 6.02. The van der Waals surface area contributed by atoms with E-state index in [2.05, 4.69) is 0 Å². The van der Waals surface area contributed by atoms with Crippen LogP contribution in [0.5, 0.6) is 5.75 Å². The lowest BCUT2D eigenvalue weighted by molar-refractivity contribution is -0.133. The molecule has 4 nitrogen and oxygen atoms in total. The zero-order chi connectivity index (χ0) is 9.68. The van der Waals surface area contributed by atoms with E-state index in [9.17, 15) is 4.79 Å². The van der Waals surface area contributed by atoms with Crippen LogP contribution in [0.15, 0.2) is 24.3 Å². The first kappa shape index (κ1) is 9.07. The van der Waals surface area contributed by atoms with Crippen molar-refractivity contribution in [2.45, 2.75) is 6.42 Å². The van der Waals surface area contributed by atoms with Crippen molar-refractivity contribution in [1.82, 2.24) is 0 Å². The number of nitriles is 1. The Morgan fingerprint density at radius 1 is 1.46 bits per heavy atom. The van der Waals surface area contributed by atoms with Crippen molar-refractivity contribution in [3.63, 3.8) is 0 Å². The van der Waals surface area contributed by atoms with Gasteiger partial charge in [-0.05, 0) is 24.3 Å². The molecule has 4 heteroatoms. The highest BCUT2D eigenvalue weighted by atomic mass is 16.5. The highest BCUT2D eigenvalue weighted by Gasteiger charge is 2.02. The third kappa shape index (κ3) is 2.83. The Morgan fingerprint density at radius 3 is 2.62 bits per heavy atom. The maximum absolute atomic E-state index is 10.8. The highest BCUT2D eigenvalue weighted by molar-refractivity contribution is 5.74. The molecule has 0 heterocycles. The Hall–Kier alpha value is -2.02. The lowest BCUT2D eigenvalue weighted by atomic mass is 10.3. The van der Waals surface area contributed by atoms with Crippen molar-refractivity contribution >= 4 is 11.7 Å². The normalized spacial score (nSPS) is 8.85. The highest BCUT2D eigenvalue weighted by Crippen LogP contribution is 2.13. The van der Waals surface area contributed by atoms with Gasteiger partial charge in [-0.2, -0.15) is 5.26 Å². The Labute approximate surface area is 75.5 Å². The van der Waals surface area contributed by atoms with Crippen molar-refractivity contribution in [2.75, 3.05) is 5.73 Å². The number of carbonyl (C=O) groups is 1. The molecule has 1 aromatic carbocycles. The number of benzene rings is 1. The smallest absolute Gasteiger partial charge is 0.325 e. The van der Waals surface area contributed by atoms with Gasteiger partial charge in [-0.1, -0.05) is 0 Å². The lowest BCUT2D eigenvalue weighted by Gasteiger charge is -2.00. The van der Waals surface area contributed by atoms with Gasteiger partial charge in [-0.15, -0.1) is 0 Å². The lowest BCUT2D eigenvalue weighted by Crippen LogP contribution is -2.06. The number of rotatable bonds is 2. The van der Waals surface area contributed by atoms with Gasteiger partial charge in [-0.25, -0.2) is 0 Å². The van der Waals surface area contributed by atoms with E-state index in [1.807, 2.05) is 0 Å². The van der Waals surface area contributed by atoms with Crippen LogP contribution in [0.4, 0.5) is 5.69 Å². The molecule has 0 radical (unpaired) electrons. The molecular weight excluding hydrogens is 168 g/mol. The molecule has 1 rings (SSSR count). The first-order valence-corrected chi connectivity index (χ1v) is 3.65. The van der Waals surface area contributed by atoms with Crippen LogP contribution in [-0.4, -0.2) is 5.97 Å². The summed E-state index contributed by atoms with van der Waals surface area (Å²) in [6.07, 6.45) is -0.246. The summed E-state index contributed by atoms with van der Waals surface area (Å²) < 4.78 is 4.79. The molecule has 1 aromatic rings. The maximum Gasteiger partial charge on any atom is 0.325 e. The van der Waals surface area contributed by atoms with Gasteiger partial charge >= 0.3 is 5.97 Å². The standard InChI is InChI=1S/C9H8N2O2/c10-6-5-9(12)13-8-3-1-7(11)2-4-8/h1-4H,5,11H2. The predicted octanol–water partition coefficient (Wildman–Crippen LogP) is 1.09. The van der Waals surface area contributed by atoms with Crippen LogP contribution >= 0.6 is 0 Å². The fourth-order valence-electron chi connectivity index (χ4n) is 0.768. The average molecular weight is 176 g/mol. The molecule has 2 N–H and O–H groups in total. The first-order valence-electron chi connectivity index (χ1n) is 3.65. The van der Waals surface area contributed by atoms with E-state index >= 15 is 0 Å². The van der Waals surface area contributed by atoms with E-state index in [0.29, 0.717) is 11.4 Å². The molecule has 0 aliphatic rings. The minimum absolute atomic E-state index is 0.246. The molecule has 0 atom stereocenters. The molecule has 0 unspecified atom stereocenters. The number of esters is 1. The van der Waals surface area contributed by atoms with E-state index < -0.39 is 5.97 Å². The fourth-order valence-corrected chi connectivity index (χ4v) is 0.768. The maximum atomic E-state index is 10.8. The predicted molar refractivity (Wildman–Crippen MR) is 46.7 cm³/mol. The molecule has 0 aromatic heterocycles. The van der Waals surface area contributed by atoms with Crippen molar-refractivity contribution in [1.29, 1.82) is 5.26 Å². The van der Waals surface area contributed by atoms with Gasteiger partial charge in [0.1, 0.15) is 12.2 Å². The number of nitrogens with zero attached hydrogens (tertiary/aromatic N) is 1. The van der Waals surface area contributed by atoms with Gasteiger partial charge in [0.05, 0.1) is 6.07 Å². The Morgan fingerprint density at radius 2 is 2.08 bits per heavy atom. The SMILES string of the molecule is N#CCC(=O)Oc1ccc(N)cc1. The summed E-state index contributed by atoms with van der Waals surface area (Å²) in [5.74, 6) is -0.165. The van der Waals surface area contributed by atoms with Gasteiger partial charge in [0.15, 0.2) is 0 Å². The first-order chi connectivity index (χ1) is 6.22. The molecule has 0 aliphatic heterocycles. The van der Waals surface area contributed by atoms with Gasteiger partial charge in [-0.3, -0.25) is 4.79 Å². The number of hydrogen-bond donors (Lipinski definition) is 1. The topological polar surface area (TPSA) is 76.1 Å². The van der Waals surface area contributed by atoms with Crippen molar-refractivity contribution in [3.8, 4) is 11.8 Å². The molecule has 0 fully saturated rings. The summed E-state index contributed by atoms with van der Waals surface area (Å²) in [4.78, 5) is 10.8. The van der Waals surface area contributed by atoms with Crippen molar-refractivity contribution < 1.29 is 9.53 Å². The van der Waals surface area contributed by atoms with Crippen LogP contribution in [0.2, 0.25) is 0 Å². The minimum Gasteiger partial charge on any atom is -0.426 e. The Kier molecular flexibility index (Phi) is 2.87. The van der Waals surface area contributed by atoms with Gasteiger partial charge in [0, 0.05) is 5.69 Å². The summed E-state index contributed by atoms with van der Waals surface area (Å²) in [6, 6.07) is 8.09. The zero-order valence-electron chi connectivity index (χ0n) is 6.86. The van der Waals surface area contributed by atoms with Gasteiger partial charge in [0.2, 0.25) is 0 Å². The summed E-state index contributed by atoms with van der Waals surface area (Å²) >= 11 is 0. The minimum atomic E-state index is -0.563. The van der Waals surface area contributed by atoms with E-state index in [1.165, 1.54) is 0 Å². The quantitative estimate of drug-likeness (QED) is 0.415. The van der Waals surface area contributed by atoms with Crippen LogP contribution in [0.3, 0.4) is 0 Å². The Balaban J connectivity index is 2.60. The summed E-state index contributed by atoms with van der Waals surface area (Å²) in [7, 11) is 0. The average Bonchev–Trinajstić information content (AvgIpc) is 2.09. The van der Waals surface area contributed by atoms with E-state index in [-0.39, 0.29) is 6.42 Å². The van der Waals surface area contributed by atoms with Crippen LogP contribution < -0.4 is 10.5 Å². The fraction of sp³-hybridized carbons (Fsp3) is 0.111. The second-order valence-electron chi connectivity index (χ2n) is 2.38.